The summed E-state index contributed by atoms with van der Waals surface area (Å²) in [4.78, 5) is 34.0. The van der Waals surface area contributed by atoms with Gasteiger partial charge in [0.25, 0.3) is 5.91 Å². The van der Waals surface area contributed by atoms with Gasteiger partial charge in [-0.3, -0.25) is 9.59 Å². The first-order valence-electron chi connectivity index (χ1n) is 8.70. The first-order chi connectivity index (χ1) is 12.9. The van der Waals surface area contributed by atoms with Crippen LogP contribution in [-0.2, 0) is 11.2 Å². The molecule has 0 bridgehead atoms. The van der Waals surface area contributed by atoms with Crippen LogP contribution in [0.1, 0.15) is 46.2 Å². The monoisotopic (exact) mass is 374 g/mol. The van der Waals surface area contributed by atoms with Gasteiger partial charge in [-0.2, -0.15) is 0 Å². The lowest BCUT2D eigenvalue weighted by Gasteiger charge is -2.32. The predicted octanol–water partition coefficient (Wildman–Crippen LogP) is 2.11. The first-order valence-corrected chi connectivity index (χ1v) is 8.70. The van der Waals surface area contributed by atoms with Gasteiger partial charge in [-0.15, -0.1) is 0 Å². The van der Waals surface area contributed by atoms with Gasteiger partial charge in [-0.25, -0.2) is 18.7 Å². The fourth-order valence-electron chi connectivity index (χ4n) is 3.36. The Bertz CT molecular complexity index is 860. The van der Waals surface area contributed by atoms with Crippen LogP contribution >= 0.6 is 0 Å². The Morgan fingerprint density at radius 3 is 2.44 bits per heavy atom. The predicted molar refractivity (Wildman–Crippen MR) is 93.9 cm³/mol. The smallest absolute Gasteiger partial charge is 0.252 e. The Kier molecular flexibility index (Phi) is 5.43. The van der Waals surface area contributed by atoms with E-state index < -0.39 is 17.5 Å². The van der Waals surface area contributed by atoms with E-state index in [1.54, 1.807) is 11.8 Å². The van der Waals surface area contributed by atoms with Crippen molar-refractivity contribution in [1.82, 2.24) is 14.9 Å². The molecule has 1 aliphatic rings. The number of nitrogens with zero attached hydrogens (tertiary/aromatic N) is 3. The molecule has 0 radical (unpaired) electrons. The van der Waals surface area contributed by atoms with Crippen LogP contribution in [0.25, 0.3) is 0 Å². The van der Waals surface area contributed by atoms with Crippen LogP contribution in [0.3, 0.4) is 0 Å². The molecule has 6 nitrogen and oxygen atoms in total. The topological polar surface area (TPSA) is 89.2 Å². The van der Waals surface area contributed by atoms with Gasteiger partial charge in [0.2, 0.25) is 5.91 Å². The number of carbonyl (C=O) groups is 2. The normalized spacial score (nSPS) is 15.0. The second-order valence-corrected chi connectivity index (χ2v) is 6.61. The standard InChI is InChI=1S/C19H20F2N4O2/c1-11-23-10-14(19(22)27)18(24-11)12-5-7-25(8-6-12)17(26)9-13-15(20)3-2-4-16(13)21/h2-4,10,12H,5-9H2,1H3,(H2,22,27). The lowest BCUT2D eigenvalue weighted by atomic mass is 9.90. The molecular weight excluding hydrogens is 354 g/mol. The summed E-state index contributed by atoms with van der Waals surface area (Å²) in [6, 6.07) is 3.55. The largest absolute Gasteiger partial charge is 0.365 e. The third-order valence-corrected chi connectivity index (χ3v) is 4.83. The van der Waals surface area contributed by atoms with Gasteiger partial charge in [0.15, 0.2) is 0 Å². The van der Waals surface area contributed by atoms with E-state index in [4.69, 9.17) is 5.73 Å². The molecule has 1 saturated heterocycles. The van der Waals surface area contributed by atoms with Gasteiger partial charge >= 0.3 is 0 Å². The van der Waals surface area contributed by atoms with Crippen LogP contribution < -0.4 is 5.73 Å². The Morgan fingerprint density at radius 2 is 1.85 bits per heavy atom. The average molecular weight is 374 g/mol. The molecule has 2 aromatic rings. The van der Waals surface area contributed by atoms with E-state index in [0.717, 1.165) is 12.1 Å². The number of piperidine rings is 1. The number of halogens is 2. The second kappa shape index (κ2) is 7.77. The van der Waals surface area contributed by atoms with E-state index in [9.17, 15) is 18.4 Å². The highest BCUT2D eigenvalue weighted by molar-refractivity contribution is 5.93. The van der Waals surface area contributed by atoms with Crippen molar-refractivity contribution in [3.05, 3.63) is 58.7 Å². The van der Waals surface area contributed by atoms with Gasteiger partial charge < -0.3 is 10.6 Å². The molecule has 2 heterocycles. The first kappa shape index (κ1) is 18.9. The Morgan fingerprint density at radius 1 is 1.22 bits per heavy atom. The molecule has 1 aromatic heterocycles. The lowest BCUT2D eigenvalue weighted by molar-refractivity contribution is -0.131. The molecule has 0 aliphatic carbocycles. The van der Waals surface area contributed by atoms with Crippen LogP contribution in [0, 0.1) is 18.6 Å². The highest BCUT2D eigenvalue weighted by Crippen LogP contribution is 2.29. The third-order valence-electron chi connectivity index (χ3n) is 4.83. The number of aryl methyl sites for hydroxylation is 1. The third kappa shape index (κ3) is 4.10. The number of nitrogens with two attached hydrogens (primary N) is 1. The molecule has 0 atom stereocenters. The van der Waals surface area contributed by atoms with E-state index in [2.05, 4.69) is 9.97 Å². The van der Waals surface area contributed by atoms with E-state index in [1.165, 1.54) is 12.3 Å². The SMILES string of the molecule is Cc1ncc(C(N)=O)c(C2CCN(C(=O)Cc3c(F)cccc3F)CC2)n1. The molecule has 1 aromatic carbocycles. The number of carbonyl (C=O) groups excluding carboxylic acids is 2. The summed E-state index contributed by atoms with van der Waals surface area (Å²) >= 11 is 0. The van der Waals surface area contributed by atoms with Gasteiger partial charge in [0.1, 0.15) is 17.5 Å². The molecule has 0 saturated carbocycles. The summed E-state index contributed by atoms with van der Waals surface area (Å²) in [5, 5.41) is 0. The highest BCUT2D eigenvalue weighted by atomic mass is 19.1. The van der Waals surface area contributed by atoms with Crippen molar-refractivity contribution in [2.75, 3.05) is 13.1 Å². The molecule has 0 spiro atoms. The van der Waals surface area contributed by atoms with E-state index >= 15 is 0 Å². The summed E-state index contributed by atoms with van der Waals surface area (Å²) in [7, 11) is 0. The van der Waals surface area contributed by atoms with Crippen LogP contribution in [0.15, 0.2) is 24.4 Å². The molecule has 2 N–H and O–H groups in total. The zero-order valence-corrected chi connectivity index (χ0v) is 14.9. The maximum absolute atomic E-state index is 13.8. The molecule has 8 heteroatoms. The Balaban J connectivity index is 1.68. The summed E-state index contributed by atoms with van der Waals surface area (Å²) < 4.78 is 27.5. The Hall–Kier alpha value is -2.90. The molecule has 27 heavy (non-hydrogen) atoms. The number of rotatable bonds is 4. The zero-order chi connectivity index (χ0) is 19.6. The molecule has 0 unspecified atom stereocenters. The number of hydrogen-bond acceptors (Lipinski definition) is 4. The van der Waals surface area contributed by atoms with Gasteiger partial charge in [-0.05, 0) is 31.9 Å². The summed E-state index contributed by atoms with van der Waals surface area (Å²) in [5.74, 6) is -1.83. The number of hydrogen-bond donors (Lipinski definition) is 1. The van der Waals surface area contributed by atoms with Crippen molar-refractivity contribution in [2.24, 2.45) is 5.73 Å². The van der Waals surface area contributed by atoms with Crippen molar-refractivity contribution in [1.29, 1.82) is 0 Å². The van der Waals surface area contributed by atoms with Crippen LogP contribution in [-0.4, -0.2) is 39.8 Å². The highest BCUT2D eigenvalue weighted by Gasteiger charge is 2.28. The summed E-state index contributed by atoms with van der Waals surface area (Å²) in [6.07, 6.45) is 2.28. The minimum Gasteiger partial charge on any atom is -0.365 e. The van der Waals surface area contributed by atoms with Crippen molar-refractivity contribution >= 4 is 11.8 Å². The molecule has 142 valence electrons. The molecule has 2 amide bonds. The van der Waals surface area contributed by atoms with Gasteiger partial charge in [-0.1, -0.05) is 6.07 Å². The maximum atomic E-state index is 13.8. The summed E-state index contributed by atoms with van der Waals surface area (Å²) in [6.45, 7) is 2.57. The van der Waals surface area contributed by atoms with Gasteiger partial charge in [0, 0.05) is 30.8 Å². The van der Waals surface area contributed by atoms with Crippen LogP contribution in [0.5, 0.6) is 0 Å². The quantitative estimate of drug-likeness (QED) is 0.888. The number of amides is 2. The number of benzene rings is 1. The van der Waals surface area contributed by atoms with Crippen molar-refractivity contribution in [3.63, 3.8) is 0 Å². The maximum Gasteiger partial charge on any atom is 0.252 e. The fraction of sp³-hybridized carbons (Fsp3) is 0.368. The fourth-order valence-corrected chi connectivity index (χ4v) is 3.36. The van der Waals surface area contributed by atoms with E-state index in [-0.39, 0.29) is 23.8 Å². The second-order valence-electron chi connectivity index (χ2n) is 6.61. The average Bonchev–Trinajstić information content (AvgIpc) is 2.64. The minimum atomic E-state index is -0.721. The van der Waals surface area contributed by atoms with Crippen molar-refractivity contribution < 1.29 is 18.4 Å². The molecular formula is C19H20F2N4O2. The minimum absolute atomic E-state index is 0.0246. The van der Waals surface area contributed by atoms with Gasteiger partial charge in [0.05, 0.1) is 17.7 Å². The van der Waals surface area contributed by atoms with E-state index in [1.807, 2.05) is 0 Å². The van der Waals surface area contributed by atoms with E-state index in [0.29, 0.717) is 43.0 Å². The van der Waals surface area contributed by atoms with Crippen LogP contribution in [0.2, 0.25) is 0 Å². The number of aromatic nitrogens is 2. The van der Waals surface area contributed by atoms with Crippen molar-refractivity contribution in [3.8, 4) is 0 Å². The van der Waals surface area contributed by atoms with Crippen molar-refractivity contribution in [2.45, 2.75) is 32.1 Å². The molecule has 1 aliphatic heterocycles. The Labute approximate surface area is 155 Å². The van der Waals surface area contributed by atoms with Crippen LogP contribution in [0.4, 0.5) is 8.78 Å². The molecule has 1 fully saturated rings. The summed E-state index contributed by atoms with van der Waals surface area (Å²) in [5.41, 5.74) is 6.08. The zero-order valence-electron chi connectivity index (χ0n) is 14.9. The number of primary amides is 1. The number of likely N-dealkylation sites (tertiary alicyclic amines) is 1. The lowest BCUT2D eigenvalue weighted by Crippen LogP contribution is -2.39. The molecule has 3 rings (SSSR count).